The summed E-state index contributed by atoms with van der Waals surface area (Å²) in [4.78, 5) is 13.8. The first-order chi connectivity index (χ1) is 5.98. The molecule has 0 radical (unpaired) electrons. The molecule has 0 spiro atoms. The number of nitrogens with zero attached hydrogens (tertiary/aromatic N) is 1. The normalized spacial score (nSPS) is 15.1. The van der Waals surface area contributed by atoms with E-state index in [2.05, 4.69) is 27.7 Å². The van der Waals surface area contributed by atoms with Crippen molar-refractivity contribution in [2.75, 3.05) is 7.05 Å². The summed E-state index contributed by atoms with van der Waals surface area (Å²) in [6.45, 7) is 14.4. The zero-order valence-corrected chi connectivity index (χ0v) is 10.9. The molecule has 0 aliphatic carbocycles. The van der Waals surface area contributed by atoms with Crippen LogP contribution in [0.4, 0.5) is 0 Å². The van der Waals surface area contributed by atoms with E-state index in [-0.39, 0.29) is 22.8 Å². The van der Waals surface area contributed by atoms with Crippen molar-refractivity contribution in [2.24, 2.45) is 10.8 Å². The van der Waals surface area contributed by atoms with Crippen LogP contribution in [-0.4, -0.2) is 23.9 Å². The lowest BCUT2D eigenvalue weighted by Gasteiger charge is -2.38. The van der Waals surface area contributed by atoms with Crippen molar-refractivity contribution in [3.05, 3.63) is 0 Å². The molecular weight excluding hydrogens is 174 g/mol. The maximum Gasteiger partial charge on any atom is 0.227 e. The average Bonchev–Trinajstić information content (AvgIpc) is 1.97. The minimum absolute atomic E-state index is 0.135. The molecule has 84 valence electrons. The number of amides is 1. The standard InChI is InChI=1S/C12H25NO/c1-9(11(2,3)4)13(8)10(14)12(5,6)7/h9H,1-8H3/t9-/m0/s1. The van der Waals surface area contributed by atoms with Gasteiger partial charge in [0, 0.05) is 18.5 Å². The first-order valence-corrected chi connectivity index (χ1v) is 5.25. The van der Waals surface area contributed by atoms with Crippen molar-refractivity contribution in [2.45, 2.75) is 54.5 Å². The van der Waals surface area contributed by atoms with Crippen molar-refractivity contribution >= 4 is 5.91 Å². The Labute approximate surface area is 88.7 Å². The fourth-order valence-electron chi connectivity index (χ4n) is 1.29. The fraction of sp³-hybridized carbons (Fsp3) is 0.917. The number of carbonyl (C=O) groups excluding carboxylic acids is 1. The molecule has 0 fully saturated rings. The van der Waals surface area contributed by atoms with Crippen molar-refractivity contribution in [1.82, 2.24) is 4.90 Å². The lowest BCUT2D eigenvalue weighted by molar-refractivity contribution is -0.142. The van der Waals surface area contributed by atoms with Crippen molar-refractivity contribution < 1.29 is 4.79 Å². The number of carbonyl (C=O) groups is 1. The summed E-state index contributed by atoms with van der Waals surface area (Å²) in [5, 5.41) is 0. The van der Waals surface area contributed by atoms with Crippen LogP contribution in [0.3, 0.4) is 0 Å². The van der Waals surface area contributed by atoms with Gasteiger partial charge in [0.1, 0.15) is 0 Å². The fourth-order valence-corrected chi connectivity index (χ4v) is 1.29. The summed E-state index contributed by atoms with van der Waals surface area (Å²) in [5.74, 6) is 0.208. The Balaban J connectivity index is 4.65. The quantitative estimate of drug-likeness (QED) is 0.636. The number of hydrogen-bond acceptors (Lipinski definition) is 1. The van der Waals surface area contributed by atoms with Crippen LogP contribution >= 0.6 is 0 Å². The second-order valence-electron chi connectivity index (χ2n) is 6.21. The molecule has 0 N–H and O–H groups in total. The van der Waals surface area contributed by atoms with Gasteiger partial charge >= 0.3 is 0 Å². The Morgan fingerprint density at radius 1 is 1.07 bits per heavy atom. The Kier molecular flexibility index (Phi) is 3.77. The lowest BCUT2D eigenvalue weighted by Crippen LogP contribution is -2.47. The minimum atomic E-state index is -0.283. The third-order valence-corrected chi connectivity index (χ3v) is 2.80. The lowest BCUT2D eigenvalue weighted by atomic mass is 9.85. The highest BCUT2D eigenvalue weighted by Crippen LogP contribution is 2.26. The molecular formula is C12H25NO. The van der Waals surface area contributed by atoms with Gasteiger partial charge < -0.3 is 4.90 Å². The molecule has 2 heteroatoms. The van der Waals surface area contributed by atoms with Crippen LogP contribution in [0.5, 0.6) is 0 Å². The van der Waals surface area contributed by atoms with E-state index in [0.717, 1.165) is 0 Å². The Morgan fingerprint density at radius 2 is 1.43 bits per heavy atom. The molecule has 0 saturated carbocycles. The van der Waals surface area contributed by atoms with Crippen molar-refractivity contribution in [1.29, 1.82) is 0 Å². The van der Waals surface area contributed by atoms with Gasteiger partial charge in [-0.1, -0.05) is 41.5 Å². The average molecular weight is 199 g/mol. The molecule has 0 aromatic heterocycles. The van der Waals surface area contributed by atoms with E-state index in [4.69, 9.17) is 0 Å². The highest BCUT2D eigenvalue weighted by atomic mass is 16.2. The summed E-state index contributed by atoms with van der Waals surface area (Å²) < 4.78 is 0. The summed E-state index contributed by atoms with van der Waals surface area (Å²) in [6, 6.07) is 0.259. The molecule has 0 unspecified atom stereocenters. The molecule has 0 aromatic rings. The van der Waals surface area contributed by atoms with Crippen LogP contribution in [0.15, 0.2) is 0 Å². The largest absolute Gasteiger partial charge is 0.342 e. The molecule has 0 rings (SSSR count). The van der Waals surface area contributed by atoms with Crippen LogP contribution in [0.25, 0.3) is 0 Å². The molecule has 0 aliphatic heterocycles. The van der Waals surface area contributed by atoms with E-state index >= 15 is 0 Å². The molecule has 2 nitrogen and oxygen atoms in total. The van der Waals surface area contributed by atoms with E-state index in [0.29, 0.717) is 0 Å². The molecule has 0 heterocycles. The van der Waals surface area contributed by atoms with Crippen LogP contribution in [0, 0.1) is 10.8 Å². The smallest absolute Gasteiger partial charge is 0.227 e. The van der Waals surface area contributed by atoms with Crippen LogP contribution < -0.4 is 0 Å². The van der Waals surface area contributed by atoms with Crippen LogP contribution in [0.1, 0.15) is 48.5 Å². The predicted molar refractivity (Wildman–Crippen MR) is 61.1 cm³/mol. The summed E-state index contributed by atoms with van der Waals surface area (Å²) in [6.07, 6.45) is 0. The maximum atomic E-state index is 12.0. The van der Waals surface area contributed by atoms with Gasteiger partial charge in [-0.05, 0) is 12.3 Å². The second-order valence-corrected chi connectivity index (χ2v) is 6.21. The van der Waals surface area contributed by atoms with Gasteiger partial charge in [0.15, 0.2) is 0 Å². The molecule has 1 atom stereocenters. The summed E-state index contributed by atoms with van der Waals surface area (Å²) >= 11 is 0. The zero-order valence-electron chi connectivity index (χ0n) is 10.9. The molecule has 0 bridgehead atoms. The monoisotopic (exact) mass is 199 g/mol. The molecule has 0 aromatic carbocycles. The van der Waals surface area contributed by atoms with E-state index < -0.39 is 0 Å². The highest BCUT2D eigenvalue weighted by molar-refractivity contribution is 5.81. The molecule has 1 amide bonds. The first-order valence-electron chi connectivity index (χ1n) is 5.25. The van der Waals surface area contributed by atoms with Crippen LogP contribution in [0.2, 0.25) is 0 Å². The van der Waals surface area contributed by atoms with Crippen molar-refractivity contribution in [3.63, 3.8) is 0 Å². The molecule has 14 heavy (non-hydrogen) atoms. The van der Waals surface area contributed by atoms with Gasteiger partial charge in [-0.2, -0.15) is 0 Å². The van der Waals surface area contributed by atoms with Gasteiger partial charge in [-0.3, -0.25) is 4.79 Å². The Morgan fingerprint density at radius 3 is 1.64 bits per heavy atom. The van der Waals surface area contributed by atoms with Crippen molar-refractivity contribution in [3.8, 4) is 0 Å². The number of hydrogen-bond donors (Lipinski definition) is 0. The Hall–Kier alpha value is -0.530. The SMILES string of the molecule is C[C@H](N(C)C(=O)C(C)(C)C)C(C)(C)C. The number of rotatable bonds is 1. The van der Waals surface area contributed by atoms with Gasteiger partial charge in [-0.15, -0.1) is 0 Å². The third kappa shape index (κ3) is 3.32. The van der Waals surface area contributed by atoms with E-state index in [1.165, 1.54) is 0 Å². The molecule has 0 aliphatic rings. The van der Waals surface area contributed by atoms with Gasteiger partial charge in [0.05, 0.1) is 0 Å². The predicted octanol–water partition coefficient (Wildman–Crippen LogP) is 2.93. The summed E-state index contributed by atoms with van der Waals surface area (Å²) in [7, 11) is 1.89. The summed E-state index contributed by atoms with van der Waals surface area (Å²) in [5.41, 5.74) is -0.149. The zero-order chi connectivity index (χ0) is 11.7. The van der Waals surface area contributed by atoms with Gasteiger partial charge in [-0.25, -0.2) is 0 Å². The first kappa shape index (κ1) is 13.5. The molecule has 0 saturated heterocycles. The highest BCUT2D eigenvalue weighted by Gasteiger charge is 2.32. The maximum absolute atomic E-state index is 12.0. The minimum Gasteiger partial charge on any atom is -0.342 e. The van der Waals surface area contributed by atoms with Crippen LogP contribution in [-0.2, 0) is 4.79 Å². The van der Waals surface area contributed by atoms with E-state index in [1.807, 2.05) is 32.7 Å². The van der Waals surface area contributed by atoms with Gasteiger partial charge in [0.25, 0.3) is 0 Å². The van der Waals surface area contributed by atoms with Gasteiger partial charge in [0.2, 0.25) is 5.91 Å². The van der Waals surface area contributed by atoms with E-state index in [1.54, 1.807) is 0 Å². The van der Waals surface area contributed by atoms with E-state index in [9.17, 15) is 4.79 Å². The Bertz CT molecular complexity index is 207. The topological polar surface area (TPSA) is 20.3 Å². The second kappa shape index (κ2) is 3.92. The third-order valence-electron chi connectivity index (χ3n) is 2.80.